The van der Waals surface area contributed by atoms with Crippen molar-refractivity contribution >= 4 is 34.4 Å². The van der Waals surface area contributed by atoms with E-state index in [2.05, 4.69) is 10.3 Å². The third kappa shape index (κ3) is 5.26. The number of aliphatic carboxylic acids is 1. The van der Waals surface area contributed by atoms with Gasteiger partial charge in [0.15, 0.2) is 0 Å². The van der Waals surface area contributed by atoms with Gasteiger partial charge in [-0.2, -0.15) is 0 Å². The molecule has 0 saturated carbocycles. The number of rotatable bonds is 9. The molecule has 0 saturated heterocycles. The third-order valence-electron chi connectivity index (χ3n) is 5.04. The van der Waals surface area contributed by atoms with Gasteiger partial charge >= 0.3 is 5.97 Å². The lowest BCUT2D eigenvalue weighted by atomic mass is 10.0. The molecule has 3 aromatic rings. The molecule has 2 amide bonds. The van der Waals surface area contributed by atoms with Gasteiger partial charge < -0.3 is 20.3 Å². The van der Waals surface area contributed by atoms with Crippen LogP contribution in [-0.2, 0) is 20.8 Å². The van der Waals surface area contributed by atoms with Crippen LogP contribution in [0.25, 0.3) is 10.9 Å². The number of nitrogens with zero attached hydrogens (tertiary/aromatic N) is 1. The van der Waals surface area contributed by atoms with Crippen LogP contribution in [0.1, 0.15) is 24.8 Å². The Labute approximate surface area is 174 Å². The number of fused-ring (bicyclic) bond motifs is 1. The molecule has 1 heterocycles. The minimum absolute atomic E-state index is 0.0893. The first-order valence-electron chi connectivity index (χ1n) is 9.84. The minimum atomic E-state index is -1.09. The van der Waals surface area contributed by atoms with E-state index in [4.69, 9.17) is 0 Å². The van der Waals surface area contributed by atoms with Crippen molar-refractivity contribution in [2.45, 2.75) is 31.7 Å². The molecule has 0 aliphatic rings. The zero-order valence-electron chi connectivity index (χ0n) is 16.8. The van der Waals surface area contributed by atoms with Crippen LogP contribution in [0.3, 0.4) is 0 Å². The van der Waals surface area contributed by atoms with E-state index in [1.165, 1.54) is 0 Å². The number of anilines is 1. The van der Waals surface area contributed by atoms with E-state index in [-0.39, 0.29) is 31.1 Å². The molecule has 3 rings (SSSR count). The number of aromatic amines is 1. The highest BCUT2D eigenvalue weighted by atomic mass is 16.4. The van der Waals surface area contributed by atoms with Gasteiger partial charge in [0.25, 0.3) is 0 Å². The quantitative estimate of drug-likeness (QED) is 0.507. The molecule has 1 aromatic heterocycles. The lowest BCUT2D eigenvalue weighted by Gasteiger charge is -2.17. The van der Waals surface area contributed by atoms with Crippen molar-refractivity contribution in [3.8, 4) is 0 Å². The summed E-state index contributed by atoms with van der Waals surface area (Å²) in [5, 5.41) is 13.0. The van der Waals surface area contributed by atoms with Crippen LogP contribution in [-0.4, -0.2) is 41.0 Å². The van der Waals surface area contributed by atoms with Crippen molar-refractivity contribution < 1.29 is 19.5 Å². The van der Waals surface area contributed by atoms with Gasteiger partial charge in [-0.25, -0.2) is 4.79 Å². The Morgan fingerprint density at radius 3 is 2.47 bits per heavy atom. The van der Waals surface area contributed by atoms with Gasteiger partial charge in [0, 0.05) is 49.1 Å². The Hall–Kier alpha value is -3.61. The Bertz CT molecular complexity index is 1030. The van der Waals surface area contributed by atoms with Crippen molar-refractivity contribution in [1.29, 1.82) is 0 Å². The molecule has 1 unspecified atom stereocenters. The summed E-state index contributed by atoms with van der Waals surface area (Å²) in [5.74, 6) is -1.56. The summed E-state index contributed by atoms with van der Waals surface area (Å²) in [6.45, 7) is 0. The van der Waals surface area contributed by atoms with Crippen molar-refractivity contribution in [3.63, 3.8) is 0 Å². The van der Waals surface area contributed by atoms with Crippen molar-refractivity contribution in [2.75, 3.05) is 11.9 Å². The van der Waals surface area contributed by atoms with Gasteiger partial charge in [0.2, 0.25) is 11.8 Å². The lowest BCUT2D eigenvalue weighted by molar-refractivity contribution is -0.141. The first-order chi connectivity index (χ1) is 14.5. The van der Waals surface area contributed by atoms with Crippen LogP contribution in [0.4, 0.5) is 5.69 Å². The molecule has 0 aliphatic carbocycles. The third-order valence-corrected chi connectivity index (χ3v) is 5.04. The second-order valence-electron chi connectivity index (χ2n) is 7.16. The number of amides is 2. The second-order valence-corrected chi connectivity index (χ2v) is 7.16. The number of nitrogens with one attached hydrogen (secondary N) is 2. The highest BCUT2D eigenvalue weighted by Gasteiger charge is 2.22. The average Bonchev–Trinajstić information content (AvgIpc) is 3.16. The molecule has 2 aromatic carbocycles. The molecule has 1 atom stereocenters. The number of H-pyrrole nitrogens is 1. The van der Waals surface area contributed by atoms with Gasteiger partial charge in [0.1, 0.15) is 6.04 Å². The fourth-order valence-electron chi connectivity index (χ4n) is 3.35. The predicted octanol–water partition coefficient (Wildman–Crippen LogP) is 3.11. The monoisotopic (exact) mass is 407 g/mol. The summed E-state index contributed by atoms with van der Waals surface area (Å²) >= 11 is 0. The van der Waals surface area contributed by atoms with E-state index < -0.39 is 12.0 Å². The summed E-state index contributed by atoms with van der Waals surface area (Å²) in [6.07, 6.45) is 2.60. The van der Waals surface area contributed by atoms with Gasteiger partial charge in [-0.3, -0.25) is 9.59 Å². The Kier molecular flexibility index (Phi) is 6.85. The first kappa shape index (κ1) is 21.1. The van der Waals surface area contributed by atoms with Gasteiger partial charge in [-0.1, -0.05) is 36.4 Å². The molecule has 7 nitrogen and oxygen atoms in total. The highest BCUT2D eigenvalue weighted by Crippen LogP contribution is 2.19. The number of carbonyl (C=O) groups excluding carboxylic acids is 2. The average molecular weight is 407 g/mol. The molecule has 0 radical (unpaired) electrons. The zero-order valence-corrected chi connectivity index (χ0v) is 16.8. The normalized spacial score (nSPS) is 11.8. The number of carbonyl (C=O) groups is 3. The van der Waals surface area contributed by atoms with Crippen LogP contribution in [0.2, 0.25) is 0 Å². The van der Waals surface area contributed by atoms with Crippen LogP contribution < -0.4 is 10.2 Å². The number of hydrogen-bond acceptors (Lipinski definition) is 3. The van der Waals surface area contributed by atoms with Gasteiger partial charge in [-0.05, 0) is 30.2 Å². The molecule has 0 bridgehead atoms. The minimum Gasteiger partial charge on any atom is -0.480 e. The molecule has 0 aliphatic heterocycles. The predicted molar refractivity (Wildman–Crippen MR) is 115 cm³/mol. The molecule has 7 heteroatoms. The van der Waals surface area contributed by atoms with Crippen molar-refractivity contribution in [1.82, 2.24) is 10.3 Å². The fraction of sp³-hybridized carbons (Fsp3) is 0.261. The van der Waals surface area contributed by atoms with E-state index in [9.17, 15) is 19.5 Å². The number of benzene rings is 2. The van der Waals surface area contributed by atoms with E-state index in [1.807, 2.05) is 54.6 Å². The second kappa shape index (κ2) is 9.73. The van der Waals surface area contributed by atoms with E-state index in [1.54, 1.807) is 18.1 Å². The standard InChI is InChI=1S/C23H25N3O4/c1-26(17-8-3-2-4-9-17)22(28)13-7-12-21(27)25-20(23(29)30)14-16-15-24-19-11-6-5-10-18(16)19/h2-6,8-11,15,20,24H,7,12-14H2,1H3,(H,25,27)(H,29,30). The largest absolute Gasteiger partial charge is 0.480 e. The summed E-state index contributed by atoms with van der Waals surface area (Å²) in [6, 6.07) is 15.8. The molecule has 0 fully saturated rings. The molecular weight excluding hydrogens is 382 g/mol. The van der Waals surface area contributed by atoms with Crippen LogP contribution in [0, 0.1) is 0 Å². The smallest absolute Gasteiger partial charge is 0.326 e. The van der Waals surface area contributed by atoms with Crippen molar-refractivity contribution in [3.05, 3.63) is 66.4 Å². The van der Waals surface area contributed by atoms with E-state index >= 15 is 0 Å². The number of hydrogen-bond donors (Lipinski definition) is 3. The summed E-state index contributed by atoms with van der Waals surface area (Å²) in [7, 11) is 1.69. The topological polar surface area (TPSA) is 103 Å². The maximum atomic E-state index is 12.3. The van der Waals surface area contributed by atoms with Crippen LogP contribution in [0.15, 0.2) is 60.8 Å². The Morgan fingerprint density at radius 1 is 1.03 bits per heavy atom. The number of para-hydroxylation sites is 2. The number of carboxylic acids is 1. The number of aromatic nitrogens is 1. The van der Waals surface area contributed by atoms with Crippen LogP contribution >= 0.6 is 0 Å². The summed E-state index contributed by atoms with van der Waals surface area (Å²) in [5.41, 5.74) is 2.54. The van der Waals surface area contributed by atoms with Crippen molar-refractivity contribution in [2.24, 2.45) is 0 Å². The zero-order chi connectivity index (χ0) is 21.5. The Morgan fingerprint density at radius 2 is 1.73 bits per heavy atom. The number of carboxylic acid groups (broad SMARTS) is 1. The Balaban J connectivity index is 1.51. The first-order valence-corrected chi connectivity index (χ1v) is 9.84. The molecule has 156 valence electrons. The van der Waals surface area contributed by atoms with Gasteiger partial charge in [0.05, 0.1) is 0 Å². The maximum absolute atomic E-state index is 12.3. The SMILES string of the molecule is CN(C(=O)CCCC(=O)NC(Cc1c[nH]c2ccccc12)C(=O)O)c1ccccc1. The summed E-state index contributed by atoms with van der Waals surface area (Å²) in [4.78, 5) is 40.9. The lowest BCUT2D eigenvalue weighted by Crippen LogP contribution is -2.42. The fourth-order valence-corrected chi connectivity index (χ4v) is 3.35. The maximum Gasteiger partial charge on any atom is 0.326 e. The molecule has 30 heavy (non-hydrogen) atoms. The van der Waals surface area contributed by atoms with E-state index in [0.717, 1.165) is 22.2 Å². The summed E-state index contributed by atoms with van der Waals surface area (Å²) < 4.78 is 0. The molecule has 3 N–H and O–H groups in total. The molecular formula is C23H25N3O4. The van der Waals surface area contributed by atoms with Crippen LogP contribution in [0.5, 0.6) is 0 Å². The highest BCUT2D eigenvalue weighted by molar-refractivity contribution is 5.93. The van der Waals surface area contributed by atoms with Gasteiger partial charge in [-0.15, -0.1) is 0 Å². The van der Waals surface area contributed by atoms with E-state index in [0.29, 0.717) is 6.42 Å². The molecule has 0 spiro atoms.